The zero-order valence-electron chi connectivity index (χ0n) is 17.4. The number of fused-ring (bicyclic) bond motifs is 1. The van der Waals surface area contributed by atoms with Gasteiger partial charge in [0, 0.05) is 30.0 Å². The fourth-order valence-electron chi connectivity index (χ4n) is 3.50. The maximum absolute atomic E-state index is 12.9. The lowest BCUT2D eigenvalue weighted by molar-refractivity contribution is 0.597. The molecule has 0 spiro atoms. The van der Waals surface area contributed by atoms with Crippen LogP contribution in [0.1, 0.15) is 5.69 Å². The molecule has 1 aromatic carbocycles. The van der Waals surface area contributed by atoms with Gasteiger partial charge in [-0.15, -0.1) is 6.58 Å². The molecule has 0 fully saturated rings. The lowest BCUT2D eigenvalue weighted by atomic mass is 10.3. The zero-order valence-corrected chi connectivity index (χ0v) is 17.4. The first-order valence-corrected chi connectivity index (χ1v) is 10.0. The van der Waals surface area contributed by atoms with E-state index in [0.717, 1.165) is 17.1 Å². The number of benzene rings is 1. The van der Waals surface area contributed by atoms with Gasteiger partial charge in [0.15, 0.2) is 11.5 Å². The Morgan fingerprint density at radius 3 is 2.62 bits per heavy atom. The van der Waals surface area contributed by atoms with Gasteiger partial charge in [-0.05, 0) is 43.3 Å². The van der Waals surface area contributed by atoms with Crippen molar-refractivity contribution in [3.8, 4) is 11.5 Å². The SMILES string of the molecule is C=CCn1c(=O)c2cnc(Nc3ccc(-n4cnc(C)c4)cc3)nc2n1-c1ccccn1. The Morgan fingerprint density at radius 2 is 1.94 bits per heavy atom. The smallest absolute Gasteiger partial charge is 0.278 e. The molecule has 9 nitrogen and oxygen atoms in total. The predicted molar refractivity (Wildman–Crippen MR) is 123 cm³/mol. The van der Waals surface area contributed by atoms with Crippen molar-refractivity contribution < 1.29 is 0 Å². The van der Waals surface area contributed by atoms with Crippen LogP contribution in [0.3, 0.4) is 0 Å². The fourth-order valence-corrected chi connectivity index (χ4v) is 3.50. The van der Waals surface area contributed by atoms with Crippen molar-refractivity contribution in [2.45, 2.75) is 13.5 Å². The number of anilines is 2. The van der Waals surface area contributed by atoms with Crippen molar-refractivity contribution >= 4 is 22.7 Å². The van der Waals surface area contributed by atoms with Crippen LogP contribution in [-0.2, 0) is 6.54 Å². The molecule has 0 bridgehead atoms. The second-order valence-corrected chi connectivity index (χ2v) is 7.20. The van der Waals surface area contributed by atoms with Crippen LogP contribution in [0.5, 0.6) is 0 Å². The molecule has 5 aromatic rings. The maximum atomic E-state index is 12.9. The lowest BCUT2D eigenvalue weighted by Crippen LogP contribution is -2.22. The molecule has 0 amide bonds. The molecule has 0 aliphatic carbocycles. The first-order chi connectivity index (χ1) is 15.6. The average molecular weight is 424 g/mol. The first-order valence-electron chi connectivity index (χ1n) is 10.0. The summed E-state index contributed by atoms with van der Waals surface area (Å²) in [4.78, 5) is 30.5. The van der Waals surface area contributed by atoms with Crippen LogP contribution in [0.15, 0.2) is 84.8 Å². The number of nitrogens with one attached hydrogen (secondary N) is 1. The summed E-state index contributed by atoms with van der Waals surface area (Å²) in [6, 6.07) is 13.3. The highest BCUT2D eigenvalue weighted by Crippen LogP contribution is 2.19. The number of hydrogen-bond acceptors (Lipinski definition) is 6. The van der Waals surface area contributed by atoms with Gasteiger partial charge in [-0.3, -0.25) is 4.79 Å². The Hall–Kier alpha value is -4.53. The molecule has 32 heavy (non-hydrogen) atoms. The molecule has 158 valence electrons. The van der Waals surface area contributed by atoms with Gasteiger partial charge < -0.3 is 9.88 Å². The molecule has 0 aliphatic heterocycles. The summed E-state index contributed by atoms with van der Waals surface area (Å²) in [6.07, 6.45) is 8.61. The highest BCUT2D eigenvalue weighted by molar-refractivity contribution is 5.77. The molecule has 5 rings (SSSR count). The summed E-state index contributed by atoms with van der Waals surface area (Å²) in [5.74, 6) is 0.968. The summed E-state index contributed by atoms with van der Waals surface area (Å²) in [7, 11) is 0. The predicted octanol–water partition coefficient (Wildman–Crippen LogP) is 3.40. The van der Waals surface area contributed by atoms with E-state index in [2.05, 4.69) is 31.8 Å². The second kappa shape index (κ2) is 7.95. The second-order valence-electron chi connectivity index (χ2n) is 7.20. The van der Waals surface area contributed by atoms with E-state index in [1.54, 1.807) is 28.0 Å². The fraction of sp³-hybridized carbons (Fsp3) is 0.0870. The van der Waals surface area contributed by atoms with Gasteiger partial charge in [-0.25, -0.2) is 24.3 Å². The third-order valence-electron chi connectivity index (χ3n) is 4.98. The Bertz CT molecular complexity index is 1460. The third kappa shape index (κ3) is 3.45. The summed E-state index contributed by atoms with van der Waals surface area (Å²) in [5.41, 5.74) is 3.05. The molecule has 0 atom stereocenters. The number of aryl methyl sites for hydroxylation is 1. The van der Waals surface area contributed by atoms with Crippen LogP contribution >= 0.6 is 0 Å². The lowest BCUT2D eigenvalue weighted by Gasteiger charge is -2.10. The monoisotopic (exact) mass is 424 g/mol. The van der Waals surface area contributed by atoms with Crippen LogP contribution in [0, 0.1) is 6.92 Å². The minimum atomic E-state index is -0.197. The molecule has 4 heterocycles. The highest BCUT2D eigenvalue weighted by atomic mass is 16.1. The van der Waals surface area contributed by atoms with E-state index in [4.69, 9.17) is 0 Å². The van der Waals surface area contributed by atoms with E-state index in [0.29, 0.717) is 29.3 Å². The van der Waals surface area contributed by atoms with Crippen molar-refractivity contribution in [2.24, 2.45) is 0 Å². The molecular weight excluding hydrogens is 404 g/mol. The van der Waals surface area contributed by atoms with Crippen molar-refractivity contribution in [1.82, 2.24) is 33.9 Å². The first kappa shape index (κ1) is 19.4. The zero-order chi connectivity index (χ0) is 22.1. The topological polar surface area (TPSA) is 95.5 Å². The maximum Gasteiger partial charge on any atom is 0.278 e. The van der Waals surface area contributed by atoms with E-state index < -0.39 is 0 Å². The van der Waals surface area contributed by atoms with Crippen molar-refractivity contribution in [3.63, 3.8) is 0 Å². The van der Waals surface area contributed by atoms with Crippen LogP contribution < -0.4 is 10.9 Å². The summed E-state index contributed by atoms with van der Waals surface area (Å²) in [5, 5.41) is 3.62. The molecule has 0 saturated heterocycles. The van der Waals surface area contributed by atoms with Crippen LogP contribution in [0.4, 0.5) is 11.6 Å². The summed E-state index contributed by atoms with van der Waals surface area (Å²) < 4.78 is 5.19. The van der Waals surface area contributed by atoms with Gasteiger partial charge in [0.2, 0.25) is 5.95 Å². The molecule has 0 unspecified atom stereocenters. The van der Waals surface area contributed by atoms with E-state index in [9.17, 15) is 4.79 Å². The van der Waals surface area contributed by atoms with E-state index in [1.165, 1.54) is 6.20 Å². The van der Waals surface area contributed by atoms with Gasteiger partial charge in [-0.2, -0.15) is 4.98 Å². The van der Waals surface area contributed by atoms with E-state index in [1.807, 2.05) is 60.2 Å². The van der Waals surface area contributed by atoms with Gasteiger partial charge in [0.25, 0.3) is 5.56 Å². The molecule has 1 N–H and O–H groups in total. The minimum absolute atomic E-state index is 0.197. The number of aromatic nitrogens is 7. The molecule has 0 radical (unpaired) electrons. The normalized spacial score (nSPS) is 11.0. The Balaban J connectivity index is 1.53. The largest absolute Gasteiger partial charge is 0.324 e. The van der Waals surface area contributed by atoms with Gasteiger partial charge in [-0.1, -0.05) is 12.1 Å². The highest BCUT2D eigenvalue weighted by Gasteiger charge is 2.17. The van der Waals surface area contributed by atoms with Gasteiger partial charge >= 0.3 is 0 Å². The van der Waals surface area contributed by atoms with E-state index >= 15 is 0 Å². The number of allylic oxidation sites excluding steroid dienone is 1. The summed E-state index contributed by atoms with van der Waals surface area (Å²) >= 11 is 0. The molecule has 0 saturated carbocycles. The molecule has 0 aliphatic rings. The number of pyridine rings is 1. The Kier molecular flexibility index (Phi) is 4.83. The standard InChI is InChI=1S/C23H20N8O/c1-3-12-30-22(32)19-13-25-23(28-21(19)31(30)20-6-4-5-11-24-20)27-17-7-9-18(10-8-17)29-14-16(2)26-15-29/h3-11,13-15H,1,12H2,2H3,(H,25,27,28). The van der Waals surface area contributed by atoms with Gasteiger partial charge in [0.1, 0.15) is 5.39 Å². The third-order valence-corrected chi connectivity index (χ3v) is 4.98. The molecule has 4 aromatic heterocycles. The van der Waals surface area contributed by atoms with Crippen molar-refractivity contribution in [2.75, 3.05) is 5.32 Å². The number of nitrogens with zero attached hydrogens (tertiary/aromatic N) is 7. The minimum Gasteiger partial charge on any atom is -0.324 e. The van der Waals surface area contributed by atoms with Crippen LogP contribution in [-0.4, -0.2) is 33.9 Å². The van der Waals surface area contributed by atoms with Crippen molar-refractivity contribution in [3.05, 3.63) is 96.1 Å². The Morgan fingerprint density at radius 1 is 1.09 bits per heavy atom. The van der Waals surface area contributed by atoms with E-state index in [-0.39, 0.29) is 5.56 Å². The average Bonchev–Trinajstić information content (AvgIpc) is 3.36. The van der Waals surface area contributed by atoms with Crippen LogP contribution in [0.2, 0.25) is 0 Å². The number of hydrogen-bond donors (Lipinski definition) is 1. The molecule has 9 heteroatoms. The van der Waals surface area contributed by atoms with Gasteiger partial charge in [0.05, 0.1) is 18.6 Å². The van der Waals surface area contributed by atoms with Crippen molar-refractivity contribution in [1.29, 1.82) is 0 Å². The van der Waals surface area contributed by atoms with Crippen LogP contribution in [0.25, 0.3) is 22.5 Å². The quantitative estimate of drug-likeness (QED) is 0.420. The number of rotatable bonds is 6. The number of imidazole rings is 1. The summed E-state index contributed by atoms with van der Waals surface area (Å²) in [6.45, 7) is 6.03. The molecular formula is C23H20N8O. The Labute approximate surface area is 183 Å².